The van der Waals surface area contributed by atoms with Crippen LogP contribution in [0.2, 0.25) is 0 Å². The molecular weight excluding hydrogens is 214 g/mol. The fourth-order valence-electron chi connectivity index (χ4n) is 1.47. The van der Waals surface area contributed by atoms with Crippen LogP contribution in [0.3, 0.4) is 0 Å². The zero-order chi connectivity index (χ0) is 13.3. The van der Waals surface area contributed by atoms with Crippen molar-refractivity contribution in [2.45, 2.75) is 53.2 Å². The van der Waals surface area contributed by atoms with E-state index in [0.29, 0.717) is 18.3 Å². The molecule has 1 aromatic rings. The summed E-state index contributed by atoms with van der Waals surface area (Å²) in [5, 5.41) is 13.7. The second-order valence-corrected chi connectivity index (χ2v) is 6.15. The molecule has 0 aliphatic carbocycles. The SMILES string of the molecule is Cc1ccc(C(C)(O)CNC(C)C(C)(C)C)o1. The summed E-state index contributed by atoms with van der Waals surface area (Å²) in [4.78, 5) is 0. The van der Waals surface area contributed by atoms with E-state index in [9.17, 15) is 5.11 Å². The molecule has 0 aromatic carbocycles. The molecule has 0 radical (unpaired) electrons. The summed E-state index contributed by atoms with van der Waals surface area (Å²) in [7, 11) is 0. The Bertz CT molecular complexity index is 361. The molecule has 1 rings (SSSR count). The fourth-order valence-corrected chi connectivity index (χ4v) is 1.47. The fraction of sp³-hybridized carbons (Fsp3) is 0.714. The molecular formula is C14H25NO2. The molecule has 0 saturated carbocycles. The first-order valence-electron chi connectivity index (χ1n) is 6.15. The first-order chi connectivity index (χ1) is 7.63. The molecule has 0 saturated heterocycles. The Morgan fingerprint density at radius 3 is 2.29 bits per heavy atom. The van der Waals surface area contributed by atoms with Crippen LogP contribution in [0.1, 0.15) is 46.1 Å². The van der Waals surface area contributed by atoms with E-state index < -0.39 is 5.60 Å². The molecule has 2 atom stereocenters. The Hall–Kier alpha value is -0.800. The van der Waals surface area contributed by atoms with Crippen molar-refractivity contribution in [1.29, 1.82) is 0 Å². The number of nitrogens with one attached hydrogen (secondary N) is 1. The number of furan rings is 1. The van der Waals surface area contributed by atoms with Crippen LogP contribution in [0.4, 0.5) is 0 Å². The van der Waals surface area contributed by atoms with Crippen molar-refractivity contribution in [2.24, 2.45) is 5.41 Å². The Morgan fingerprint density at radius 1 is 1.29 bits per heavy atom. The third-order valence-electron chi connectivity index (χ3n) is 3.32. The molecule has 0 amide bonds. The highest BCUT2D eigenvalue weighted by Gasteiger charge is 2.29. The van der Waals surface area contributed by atoms with Gasteiger partial charge in [0.05, 0.1) is 0 Å². The maximum Gasteiger partial charge on any atom is 0.136 e. The van der Waals surface area contributed by atoms with Gasteiger partial charge in [-0.25, -0.2) is 0 Å². The van der Waals surface area contributed by atoms with E-state index in [2.05, 4.69) is 33.0 Å². The lowest BCUT2D eigenvalue weighted by molar-refractivity contribution is 0.0274. The Kier molecular flexibility index (Phi) is 4.05. The van der Waals surface area contributed by atoms with Crippen LogP contribution >= 0.6 is 0 Å². The van der Waals surface area contributed by atoms with Gasteiger partial charge >= 0.3 is 0 Å². The van der Waals surface area contributed by atoms with Gasteiger partial charge in [0.1, 0.15) is 17.1 Å². The molecule has 17 heavy (non-hydrogen) atoms. The summed E-state index contributed by atoms with van der Waals surface area (Å²) >= 11 is 0. The van der Waals surface area contributed by atoms with Crippen LogP contribution in [0, 0.1) is 12.3 Å². The van der Waals surface area contributed by atoms with Crippen LogP contribution in [-0.2, 0) is 5.60 Å². The minimum Gasteiger partial charge on any atom is -0.463 e. The molecule has 1 heterocycles. The van der Waals surface area contributed by atoms with Crippen molar-refractivity contribution in [3.63, 3.8) is 0 Å². The molecule has 0 aliphatic rings. The number of rotatable bonds is 4. The van der Waals surface area contributed by atoms with Crippen LogP contribution in [0.25, 0.3) is 0 Å². The highest BCUT2D eigenvalue weighted by molar-refractivity contribution is 5.12. The monoisotopic (exact) mass is 239 g/mol. The van der Waals surface area contributed by atoms with E-state index in [0.717, 1.165) is 5.76 Å². The highest BCUT2D eigenvalue weighted by atomic mass is 16.4. The molecule has 0 aliphatic heterocycles. The van der Waals surface area contributed by atoms with Gasteiger partial charge in [-0.05, 0) is 38.3 Å². The maximum absolute atomic E-state index is 10.4. The summed E-state index contributed by atoms with van der Waals surface area (Å²) in [5.74, 6) is 1.44. The zero-order valence-electron chi connectivity index (χ0n) is 11.8. The van der Waals surface area contributed by atoms with E-state index in [1.54, 1.807) is 6.92 Å². The lowest BCUT2D eigenvalue weighted by Gasteiger charge is -2.31. The van der Waals surface area contributed by atoms with Crippen LogP contribution in [0.5, 0.6) is 0 Å². The van der Waals surface area contributed by atoms with Crippen molar-refractivity contribution in [1.82, 2.24) is 5.32 Å². The summed E-state index contributed by atoms with van der Waals surface area (Å²) in [6, 6.07) is 4.03. The van der Waals surface area contributed by atoms with Crippen molar-refractivity contribution in [3.8, 4) is 0 Å². The Balaban J connectivity index is 2.62. The van der Waals surface area contributed by atoms with Crippen LogP contribution in [-0.4, -0.2) is 17.7 Å². The molecule has 98 valence electrons. The molecule has 1 aromatic heterocycles. The number of hydrogen-bond donors (Lipinski definition) is 2. The Labute approximate surface area is 104 Å². The van der Waals surface area contributed by atoms with E-state index in [1.165, 1.54) is 0 Å². The highest BCUT2D eigenvalue weighted by Crippen LogP contribution is 2.24. The molecule has 3 nitrogen and oxygen atoms in total. The first kappa shape index (κ1) is 14.3. The van der Waals surface area contributed by atoms with Gasteiger partial charge in [0, 0.05) is 12.6 Å². The predicted molar refractivity (Wildman–Crippen MR) is 69.9 cm³/mol. The number of hydrogen-bond acceptors (Lipinski definition) is 3. The van der Waals surface area contributed by atoms with E-state index in [1.807, 2.05) is 19.1 Å². The Morgan fingerprint density at radius 2 is 1.88 bits per heavy atom. The topological polar surface area (TPSA) is 45.4 Å². The molecule has 0 spiro atoms. The van der Waals surface area contributed by atoms with E-state index in [-0.39, 0.29) is 5.41 Å². The maximum atomic E-state index is 10.4. The normalized spacial score (nSPS) is 17.8. The number of aliphatic hydroxyl groups is 1. The van der Waals surface area contributed by atoms with Gasteiger partial charge in [-0.2, -0.15) is 0 Å². The molecule has 0 fully saturated rings. The predicted octanol–water partition coefficient (Wildman–Crippen LogP) is 2.82. The van der Waals surface area contributed by atoms with Crippen molar-refractivity contribution < 1.29 is 9.52 Å². The van der Waals surface area contributed by atoms with E-state index >= 15 is 0 Å². The van der Waals surface area contributed by atoms with Gasteiger partial charge in [-0.15, -0.1) is 0 Å². The van der Waals surface area contributed by atoms with E-state index in [4.69, 9.17) is 4.42 Å². The third-order valence-corrected chi connectivity index (χ3v) is 3.32. The largest absolute Gasteiger partial charge is 0.463 e. The van der Waals surface area contributed by atoms with Crippen LogP contribution in [0.15, 0.2) is 16.5 Å². The molecule has 3 heteroatoms. The van der Waals surface area contributed by atoms with Gasteiger partial charge in [-0.3, -0.25) is 0 Å². The smallest absolute Gasteiger partial charge is 0.136 e. The first-order valence-corrected chi connectivity index (χ1v) is 6.15. The number of aryl methyl sites for hydroxylation is 1. The second-order valence-electron chi connectivity index (χ2n) is 6.15. The van der Waals surface area contributed by atoms with Gasteiger partial charge in [0.25, 0.3) is 0 Å². The van der Waals surface area contributed by atoms with Gasteiger partial charge in [-0.1, -0.05) is 20.8 Å². The summed E-state index contributed by atoms with van der Waals surface area (Å²) < 4.78 is 5.48. The average molecular weight is 239 g/mol. The minimum atomic E-state index is -0.965. The van der Waals surface area contributed by atoms with Gasteiger partial charge < -0.3 is 14.8 Å². The van der Waals surface area contributed by atoms with Crippen LogP contribution < -0.4 is 5.32 Å². The van der Waals surface area contributed by atoms with Gasteiger partial charge in [0.15, 0.2) is 0 Å². The van der Waals surface area contributed by atoms with Gasteiger partial charge in [0.2, 0.25) is 0 Å². The average Bonchev–Trinajstić information content (AvgIpc) is 2.60. The second kappa shape index (κ2) is 4.83. The molecule has 2 N–H and O–H groups in total. The van der Waals surface area contributed by atoms with Crippen molar-refractivity contribution in [3.05, 3.63) is 23.7 Å². The van der Waals surface area contributed by atoms with Crippen molar-refractivity contribution in [2.75, 3.05) is 6.54 Å². The third kappa shape index (κ3) is 3.86. The summed E-state index contributed by atoms with van der Waals surface area (Å²) in [6.07, 6.45) is 0. The summed E-state index contributed by atoms with van der Waals surface area (Å²) in [6.45, 7) is 12.8. The lowest BCUT2D eigenvalue weighted by Crippen LogP contribution is -2.44. The standard InChI is InChI=1S/C14H25NO2/c1-10-7-8-12(17-10)14(6,16)9-15-11(2)13(3,4)5/h7-8,11,15-16H,9H2,1-6H3. The molecule has 2 unspecified atom stereocenters. The lowest BCUT2D eigenvalue weighted by atomic mass is 9.87. The zero-order valence-corrected chi connectivity index (χ0v) is 11.8. The minimum absolute atomic E-state index is 0.176. The molecule has 0 bridgehead atoms. The van der Waals surface area contributed by atoms with Crippen molar-refractivity contribution >= 4 is 0 Å². The summed E-state index contributed by atoms with van der Waals surface area (Å²) in [5.41, 5.74) is -0.789. The quantitative estimate of drug-likeness (QED) is 0.849.